The number of piperidine rings is 1. The van der Waals surface area contributed by atoms with Crippen molar-refractivity contribution in [2.75, 3.05) is 44.3 Å². The van der Waals surface area contributed by atoms with E-state index in [1.54, 1.807) is 12.4 Å². The van der Waals surface area contributed by atoms with Crippen LogP contribution in [0.25, 0.3) is 0 Å². The second-order valence-electron chi connectivity index (χ2n) is 7.10. The lowest BCUT2D eigenvalue weighted by Gasteiger charge is -2.43. The number of carbonyl (C=O) groups excluding carboxylic acids is 1. The zero-order valence-electron chi connectivity index (χ0n) is 16.2. The molecule has 1 amide bonds. The first kappa shape index (κ1) is 22.9. The Morgan fingerprint density at radius 1 is 1.24 bits per heavy atom. The van der Waals surface area contributed by atoms with E-state index in [1.165, 1.54) is 0 Å². The molecule has 11 heteroatoms. The third-order valence-electron chi connectivity index (χ3n) is 4.83. The van der Waals surface area contributed by atoms with Gasteiger partial charge in [-0.2, -0.15) is 13.2 Å². The molecule has 1 aromatic rings. The zero-order chi connectivity index (χ0) is 21.5. The topological polar surface area (TPSA) is 95.9 Å². The zero-order valence-corrected chi connectivity index (χ0v) is 16.2. The summed E-state index contributed by atoms with van der Waals surface area (Å²) in [6, 6.07) is 1.83. The second-order valence-corrected chi connectivity index (χ2v) is 7.10. The maximum Gasteiger partial charge on any atom is 0.490 e. The Kier molecular flexibility index (Phi) is 7.77. The summed E-state index contributed by atoms with van der Waals surface area (Å²) in [5.74, 6) is -1.76. The van der Waals surface area contributed by atoms with Crippen LogP contribution in [0, 0.1) is 5.41 Å². The first-order valence-electron chi connectivity index (χ1n) is 9.34. The van der Waals surface area contributed by atoms with Gasteiger partial charge in [-0.1, -0.05) is 6.92 Å². The minimum Gasteiger partial charge on any atom is -0.475 e. The van der Waals surface area contributed by atoms with Crippen LogP contribution in [0.1, 0.15) is 26.2 Å². The molecule has 1 aromatic heterocycles. The Labute approximate surface area is 166 Å². The van der Waals surface area contributed by atoms with Crippen molar-refractivity contribution in [1.29, 1.82) is 0 Å². The van der Waals surface area contributed by atoms with Gasteiger partial charge in [0.2, 0.25) is 11.9 Å². The predicted molar refractivity (Wildman–Crippen MR) is 97.3 cm³/mol. The minimum atomic E-state index is -5.08. The Bertz CT molecular complexity index is 689. The molecule has 8 nitrogen and oxygen atoms in total. The highest BCUT2D eigenvalue weighted by Gasteiger charge is 2.40. The van der Waals surface area contributed by atoms with Gasteiger partial charge in [0, 0.05) is 50.4 Å². The van der Waals surface area contributed by atoms with Gasteiger partial charge in [-0.3, -0.25) is 4.79 Å². The number of halogens is 3. The highest BCUT2D eigenvalue weighted by molar-refractivity contribution is 5.76. The van der Waals surface area contributed by atoms with E-state index >= 15 is 0 Å². The number of aromatic nitrogens is 2. The molecule has 2 saturated heterocycles. The number of rotatable bonds is 2. The summed E-state index contributed by atoms with van der Waals surface area (Å²) in [4.78, 5) is 33.9. The van der Waals surface area contributed by atoms with Crippen LogP contribution >= 0.6 is 0 Å². The van der Waals surface area contributed by atoms with E-state index in [0.717, 1.165) is 45.0 Å². The number of carbonyl (C=O) groups is 2. The molecule has 1 unspecified atom stereocenters. The summed E-state index contributed by atoms with van der Waals surface area (Å²) in [5, 5.41) is 7.12. The van der Waals surface area contributed by atoms with Crippen molar-refractivity contribution in [3.05, 3.63) is 18.5 Å². The fraction of sp³-hybridized carbons (Fsp3) is 0.667. The molecular weight excluding hydrogens is 393 g/mol. The molecule has 1 spiro atoms. The van der Waals surface area contributed by atoms with Gasteiger partial charge in [0.05, 0.1) is 13.2 Å². The van der Waals surface area contributed by atoms with Gasteiger partial charge in [-0.15, -0.1) is 0 Å². The summed E-state index contributed by atoms with van der Waals surface area (Å²) in [6.07, 6.45) is 1.16. The van der Waals surface area contributed by atoms with Crippen LogP contribution in [0.2, 0.25) is 0 Å². The van der Waals surface area contributed by atoms with Crippen LogP contribution in [-0.4, -0.2) is 77.4 Å². The molecule has 1 N–H and O–H groups in total. The predicted octanol–water partition coefficient (Wildman–Crippen LogP) is 1.97. The minimum absolute atomic E-state index is 0.00121. The third-order valence-corrected chi connectivity index (χ3v) is 4.83. The van der Waals surface area contributed by atoms with Crippen LogP contribution in [0.5, 0.6) is 0 Å². The number of nitrogens with zero attached hydrogens (tertiary/aromatic N) is 4. The smallest absolute Gasteiger partial charge is 0.475 e. The maximum absolute atomic E-state index is 12.1. The van der Waals surface area contributed by atoms with Crippen LogP contribution < -0.4 is 4.90 Å². The number of likely N-dealkylation sites (tertiary alicyclic amines) is 1. The van der Waals surface area contributed by atoms with Crippen molar-refractivity contribution in [3.63, 3.8) is 0 Å². The summed E-state index contributed by atoms with van der Waals surface area (Å²) in [6.45, 7) is 6.63. The molecule has 0 aliphatic carbocycles. The standard InChI is InChI=1S/C16H24N4O2.C2HF3O2/c1-2-14(21)19-8-3-5-16(11-19)12-20(9-10-22-13-16)15-17-6-4-7-18-15;3-2(4,5)1(6)7/h4,6-7H,2-3,5,8-13H2,1H3;(H,6,7). The van der Waals surface area contributed by atoms with Crippen molar-refractivity contribution >= 4 is 17.8 Å². The number of hydrogen-bond donors (Lipinski definition) is 1. The highest BCUT2D eigenvalue weighted by atomic mass is 19.4. The lowest BCUT2D eigenvalue weighted by atomic mass is 9.80. The molecule has 0 saturated carbocycles. The largest absolute Gasteiger partial charge is 0.490 e. The van der Waals surface area contributed by atoms with Gasteiger partial charge < -0.3 is 19.6 Å². The van der Waals surface area contributed by atoms with Crippen molar-refractivity contribution in [2.24, 2.45) is 5.41 Å². The van der Waals surface area contributed by atoms with E-state index in [9.17, 15) is 18.0 Å². The van der Waals surface area contributed by atoms with E-state index in [4.69, 9.17) is 14.6 Å². The number of hydrogen-bond acceptors (Lipinski definition) is 6. The van der Waals surface area contributed by atoms with Crippen LogP contribution in [0.3, 0.4) is 0 Å². The van der Waals surface area contributed by atoms with E-state index in [1.807, 2.05) is 17.9 Å². The molecule has 1 atom stereocenters. The number of carboxylic acid groups (broad SMARTS) is 1. The normalized spacial score (nSPS) is 22.5. The average molecular weight is 418 g/mol. The number of carboxylic acids is 1. The summed E-state index contributed by atoms with van der Waals surface area (Å²) in [5.41, 5.74) is -0.00121. The highest BCUT2D eigenvalue weighted by Crippen LogP contribution is 2.34. The van der Waals surface area contributed by atoms with Gasteiger partial charge in [-0.25, -0.2) is 14.8 Å². The monoisotopic (exact) mass is 418 g/mol. The Balaban J connectivity index is 0.000000370. The molecular formula is C18H25F3N4O4. The second kappa shape index (κ2) is 9.86. The molecule has 3 rings (SSSR count). The first-order valence-corrected chi connectivity index (χ1v) is 9.34. The number of amides is 1. The van der Waals surface area contributed by atoms with E-state index in [-0.39, 0.29) is 11.3 Å². The summed E-state index contributed by atoms with van der Waals surface area (Å²) in [7, 11) is 0. The Morgan fingerprint density at radius 3 is 2.48 bits per heavy atom. The molecule has 2 aliphatic rings. The lowest BCUT2D eigenvalue weighted by molar-refractivity contribution is -0.192. The molecule has 0 radical (unpaired) electrons. The molecule has 2 aliphatic heterocycles. The SMILES string of the molecule is CCC(=O)N1CCCC2(COCCN(c3ncccn3)C2)C1.O=C(O)C(F)(F)F. The molecule has 2 fully saturated rings. The Hall–Kier alpha value is -2.43. The molecule has 162 valence electrons. The van der Waals surface area contributed by atoms with E-state index in [2.05, 4.69) is 14.9 Å². The van der Waals surface area contributed by atoms with Crippen LogP contribution in [0.4, 0.5) is 19.1 Å². The summed E-state index contributed by atoms with van der Waals surface area (Å²) < 4.78 is 37.6. The van der Waals surface area contributed by atoms with Gasteiger partial charge in [0.15, 0.2) is 0 Å². The van der Waals surface area contributed by atoms with Gasteiger partial charge in [-0.05, 0) is 18.9 Å². The van der Waals surface area contributed by atoms with Gasteiger partial charge in [0.25, 0.3) is 0 Å². The average Bonchev–Trinajstić information content (AvgIpc) is 2.90. The summed E-state index contributed by atoms with van der Waals surface area (Å²) >= 11 is 0. The van der Waals surface area contributed by atoms with Crippen molar-refractivity contribution in [2.45, 2.75) is 32.4 Å². The van der Waals surface area contributed by atoms with E-state index < -0.39 is 12.1 Å². The van der Waals surface area contributed by atoms with Crippen molar-refractivity contribution in [3.8, 4) is 0 Å². The first-order chi connectivity index (χ1) is 13.7. The van der Waals surface area contributed by atoms with Crippen LogP contribution in [0.15, 0.2) is 18.5 Å². The van der Waals surface area contributed by atoms with Crippen molar-refractivity contribution < 1.29 is 32.6 Å². The molecule has 0 bridgehead atoms. The van der Waals surface area contributed by atoms with Gasteiger partial charge in [0.1, 0.15) is 0 Å². The lowest BCUT2D eigenvalue weighted by Crippen LogP contribution is -2.52. The number of anilines is 1. The number of ether oxygens (including phenoxy) is 1. The molecule has 3 heterocycles. The molecule has 0 aromatic carbocycles. The molecule has 29 heavy (non-hydrogen) atoms. The fourth-order valence-corrected chi connectivity index (χ4v) is 3.51. The fourth-order valence-electron chi connectivity index (χ4n) is 3.51. The van der Waals surface area contributed by atoms with Crippen molar-refractivity contribution in [1.82, 2.24) is 14.9 Å². The number of aliphatic carboxylic acids is 1. The number of alkyl halides is 3. The van der Waals surface area contributed by atoms with E-state index in [0.29, 0.717) is 19.6 Å². The van der Waals surface area contributed by atoms with Crippen LogP contribution in [-0.2, 0) is 14.3 Å². The quantitative estimate of drug-likeness (QED) is 0.784. The Morgan fingerprint density at radius 2 is 1.90 bits per heavy atom. The maximum atomic E-state index is 12.1. The van der Waals surface area contributed by atoms with Gasteiger partial charge >= 0.3 is 12.1 Å². The third kappa shape index (κ3) is 6.55.